The van der Waals surface area contributed by atoms with Gasteiger partial charge in [0.1, 0.15) is 5.82 Å². The van der Waals surface area contributed by atoms with Gasteiger partial charge < -0.3 is 10.2 Å². The van der Waals surface area contributed by atoms with E-state index in [0.29, 0.717) is 49.7 Å². The van der Waals surface area contributed by atoms with Crippen LogP contribution in [-0.4, -0.2) is 39.0 Å². The Hall–Kier alpha value is -3.50. The molecular weight excluding hydrogens is 416 g/mol. The average molecular weight is 434 g/mol. The Morgan fingerprint density at radius 3 is 2.39 bits per heavy atom. The fourth-order valence-electron chi connectivity index (χ4n) is 3.45. The van der Waals surface area contributed by atoms with E-state index in [2.05, 4.69) is 20.6 Å². The van der Waals surface area contributed by atoms with Gasteiger partial charge in [-0.2, -0.15) is 18.3 Å². The molecule has 0 aliphatic carbocycles. The first-order valence-corrected chi connectivity index (χ1v) is 9.57. The van der Waals surface area contributed by atoms with Crippen molar-refractivity contribution in [2.24, 2.45) is 5.92 Å². The molecule has 1 aromatic carbocycles. The Bertz CT molecular complexity index is 1040. The lowest BCUT2D eigenvalue weighted by Crippen LogP contribution is -2.38. The van der Waals surface area contributed by atoms with Crippen molar-refractivity contribution < 1.29 is 22.4 Å². The second-order valence-corrected chi connectivity index (χ2v) is 7.14. The highest BCUT2D eigenvalue weighted by molar-refractivity contribution is 5.92. The summed E-state index contributed by atoms with van der Waals surface area (Å²) in [6, 6.07) is 7.82. The summed E-state index contributed by atoms with van der Waals surface area (Å²) in [6.07, 6.45) is -0.429. The lowest BCUT2D eigenvalue weighted by molar-refractivity contribution is -0.140. The van der Waals surface area contributed by atoms with Gasteiger partial charge in [-0.05, 0) is 49.2 Å². The second-order valence-electron chi connectivity index (χ2n) is 7.14. The normalized spacial score (nSPS) is 15.2. The number of hydrogen-bond acceptors (Lipinski definition) is 5. The van der Waals surface area contributed by atoms with Gasteiger partial charge in [0.05, 0.1) is 5.56 Å². The van der Waals surface area contributed by atoms with Crippen LogP contribution in [0.25, 0.3) is 5.82 Å². The second kappa shape index (κ2) is 8.32. The highest BCUT2D eigenvalue weighted by Gasteiger charge is 2.34. The minimum absolute atomic E-state index is 0.0822. The molecule has 0 bridgehead atoms. The van der Waals surface area contributed by atoms with Gasteiger partial charge in [-0.15, -0.1) is 10.2 Å². The number of aromatic nitrogens is 4. The van der Waals surface area contributed by atoms with E-state index in [1.54, 1.807) is 29.2 Å². The molecule has 1 amide bonds. The van der Waals surface area contributed by atoms with Crippen LogP contribution < -0.4 is 10.2 Å². The SMILES string of the molecule is O=C(Nc1ccc(F)c(C(F)(F)F)c1)C1CCN(c2ccc(-n3cccn3)nn2)CC1. The number of carbonyl (C=O) groups excluding carboxylic acids is 1. The van der Waals surface area contributed by atoms with Gasteiger partial charge in [-0.3, -0.25) is 4.79 Å². The number of halogens is 4. The molecule has 1 saturated heterocycles. The molecule has 2 aromatic heterocycles. The maximum absolute atomic E-state index is 13.4. The molecule has 1 fully saturated rings. The van der Waals surface area contributed by atoms with Crippen LogP contribution in [0.15, 0.2) is 48.8 Å². The quantitative estimate of drug-likeness (QED) is 0.634. The Morgan fingerprint density at radius 2 is 1.77 bits per heavy atom. The van der Waals surface area contributed by atoms with Crippen molar-refractivity contribution in [3.63, 3.8) is 0 Å². The van der Waals surface area contributed by atoms with Crippen molar-refractivity contribution in [1.29, 1.82) is 0 Å². The molecule has 1 aliphatic heterocycles. The third-order valence-electron chi connectivity index (χ3n) is 5.10. The van der Waals surface area contributed by atoms with E-state index in [1.807, 2.05) is 11.0 Å². The van der Waals surface area contributed by atoms with Gasteiger partial charge in [-0.1, -0.05) is 0 Å². The summed E-state index contributed by atoms with van der Waals surface area (Å²) in [6.45, 7) is 1.09. The van der Waals surface area contributed by atoms with E-state index < -0.39 is 17.6 Å². The minimum Gasteiger partial charge on any atom is -0.355 e. The Morgan fingerprint density at radius 1 is 1.06 bits per heavy atom. The van der Waals surface area contributed by atoms with Crippen molar-refractivity contribution >= 4 is 17.4 Å². The lowest BCUT2D eigenvalue weighted by Gasteiger charge is -2.31. The number of amides is 1. The zero-order valence-corrected chi connectivity index (χ0v) is 16.2. The topological polar surface area (TPSA) is 75.9 Å². The maximum Gasteiger partial charge on any atom is 0.419 e. The Kier molecular flexibility index (Phi) is 5.57. The van der Waals surface area contributed by atoms with Crippen molar-refractivity contribution in [2.75, 3.05) is 23.3 Å². The molecule has 7 nitrogen and oxygen atoms in total. The van der Waals surface area contributed by atoms with Crippen LogP contribution in [-0.2, 0) is 11.0 Å². The van der Waals surface area contributed by atoms with Gasteiger partial charge in [0.2, 0.25) is 5.91 Å². The van der Waals surface area contributed by atoms with Crippen LogP contribution in [0, 0.1) is 11.7 Å². The molecule has 0 unspecified atom stereocenters. The monoisotopic (exact) mass is 434 g/mol. The van der Waals surface area contributed by atoms with Crippen LogP contribution in [0.3, 0.4) is 0 Å². The number of piperidine rings is 1. The van der Waals surface area contributed by atoms with Gasteiger partial charge in [0, 0.05) is 37.1 Å². The summed E-state index contributed by atoms with van der Waals surface area (Å²) in [5, 5.41) is 14.9. The standard InChI is InChI=1S/C20H18F4N6O/c21-16-3-2-14(12-15(16)20(22,23)24)26-19(31)13-6-10-29(11-7-13)17-4-5-18(28-27-17)30-9-1-8-25-30/h1-5,8-9,12-13H,6-7,10-11H2,(H,26,31). The van der Waals surface area contributed by atoms with Gasteiger partial charge >= 0.3 is 6.18 Å². The van der Waals surface area contributed by atoms with Crippen molar-refractivity contribution in [3.8, 4) is 5.82 Å². The average Bonchev–Trinajstić information content (AvgIpc) is 3.29. The third-order valence-corrected chi connectivity index (χ3v) is 5.10. The molecule has 1 N–H and O–H groups in total. The van der Waals surface area contributed by atoms with Crippen LogP contribution >= 0.6 is 0 Å². The zero-order chi connectivity index (χ0) is 22.0. The summed E-state index contributed by atoms with van der Waals surface area (Å²) >= 11 is 0. The summed E-state index contributed by atoms with van der Waals surface area (Å²) in [4.78, 5) is 14.5. The number of rotatable bonds is 4. The summed E-state index contributed by atoms with van der Waals surface area (Å²) in [5.41, 5.74) is -1.49. The fourth-order valence-corrected chi connectivity index (χ4v) is 3.45. The molecule has 162 valence electrons. The van der Waals surface area contributed by atoms with E-state index >= 15 is 0 Å². The molecule has 1 aliphatic rings. The molecule has 4 rings (SSSR count). The van der Waals surface area contributed by atoms with E-state index in [0.717, 1.165) is 6.07 Å². The summed E-state index contributed by atoms with van der Waals surface area (Å²) in [7, 11) is 0. The lowest BCUT2D eigenvalue weighted by atomic mass is 9.95. The highest BCUT2D eigenvalue weighted by Crippen LogP contribution is 2.33. The van der Waals surface area contributed by atoms with Gasteiger partial charge in [0.15, 0.2) is 11.6 Å². The molecule has 31 heavy (non-hydrogen) atoms. The van der Waals surface area contributed by atoms with Crippen molar-refractivity contribution in [1.82, 2.24) is 20.0 Å². The van der Waals surface area contributed by atoms with Crippen LogP contribution in [0.2, 0.25) is 0 Å². The number of alkyl halides is 3. The molecule has 0 radical (unpaired) electrons. The molecule has 0 saturated carbocycles. The number of nitrogens with zero attached hydrogens (tertiary/aromatic N) is 5. The van der Waals surface area contributed by atoms with E-state index in [1.165, 1.54) is 0 Å². The first-order chi connectivity index (χ1) is 14.8. The summed E-state index contributed by atoms with van der Waals surface area (Å²) in [5.74, 6) is -0.881. The van der Waals surface area contributed by atoms with Crippen molar-refractivity contribution in [2.45, 2.75) is 19.0 Å². The first kappa shape index (κ1) is 20.8. The smallest absolute Gasteiger partial charge is 0.355 e. The maximum atomic E-state index is 13.4. The van der Waals surface area contributed by atoms with Crippen LogP contribution in [0.4, 0.5) is 29.1 Å². The third kappa shape index (κ3) is 4.65. The van der Waals surface area contributed by atoms with E-state index in [-0.39, 0.29) is 17.5 Å². The number of carbonyl (C=O) groups is 1. The van der Waals surface area contributed by atoms with Crippen molar-refractivity contribution in [3.05, 3.63) is 60.2 Å². The minimum atomic E-state index is -4.83. The van der Waals surface area contributed by atoms with Crippen LogP contribution in [0.5, 0.6) is 0 Å². The Balaban J connectivity index is 1.35. The number of hydrogen-bond donors (Lipinski definition) is 1. The van der Waals surface area contributed by atoms with Gasteiger partial charge in [-0.25, -0.2) is 9.07 Å². The van der Waals surface area contributed by atoms with Gasteiger partial charge in [0.25, 0.3) is 0 Å². The first-order valence-electron chi connectivity index (χ1n) is 9.57. The largest absolute Gasteiger partial charge is 0.419 e. The highest BCUT2D eigenvalue weighted by atomic mass is 19.4. The number of anilines is 2. The molecule has 0 spiro atoms. The number of nitrogens with one attached hydrogen (secondary N) is 1. The predicted octanol–water partition coefficient (Wildman–Crippen LogP) is 3.68. The van der Waals surface area contributed by atoms with Crippen LogP contribution in [0.1, 0.15) is 18.4 Å². The van der Waals surface area contributed by atoms with E-state index in [9.17, 15) is 22.4 Å². The molecular formula is C20H18F4N6O. The molecule has 0 atom stereocenters. The Labute approximate surface area is 174 Å². The molecule has 3 aromatic rings. The summed E-state index contributed by atoms with van der Waals surface area (Å²) < 4.78 is 53.6. The molecule has 11 heteroatoms. The predicted molar refractivity (Wildman–Crippen MR) is 104 cm³/mol. The van der Waals surface area contributed by atoms with E-state index in [4.69, 9.17) is 0 Å². The fraction of sp³-hybridized carbons (Fsp3) is 0.300. The molecule has 3 heterocycles. The number of benzene rings is 1. The zero-order valence-electron chi connectivity index (χ0n) is 16.2.